The molecular formula is C63H114NO8P. The van der Waals surface area contributed by atoms with E-state index in [2.05, 4.69) is 86.8 Å². The van der Waals surface area contributed by atoms with Crippen LogP contribution in [0, 0.1) is 0 Å². The van der Waals surface area contributed by atoms with Gasteiger partial charge >= 0.3 is 11.9 Å². The summed E-state index contributed by atoms with van der Waals surface area (Å²) in [5, 5.41) is 0. The van der Waals surface area contributed by atoms with Gasteiger partial charge in [0.05, 0.1) is 27.7 Å². The van der Waals surface area contributed by atoms with Gasteiger partial charge in [-0.25, -0.2) is 0 Å². The smallest absolute Gasteiger partial charge is 0.306 e. The molecule has 0 saturated heterocycles. The molecule has 0 amide bonds. The molecule has 424 valence electrons. The van der Waals surface area contributed by atoms with E-state index in [0.717, 1.165) is 96.3 Å². The van der Waals surface area contributed by atoms with Crippen LogP contribution in [0.2, 0.25) is 0 Å². The highest BCUT2D eigenvalue weighted by Gasteiger charge is 2.22. The third-order valence-electron chi connectivity index (χ3n) is 13.0. The highest BCUT2D eigenvalue weighted by atomic mass is 31.2. The molecule has 0 aromatic heterocycles. The molecule has 0 rings (SSSR count). The minimum absolute atomic E-state index is 0.0359. The van der Waals surface area contributed by atoms with Crippen LogP contribution in [-0.4, -0.2) is 70.0 Å². The molecule has 0 aliphatic carbocycles. The summed E-state index contributed by atoms with van der Waals surface area (Å²) in [6, 6.07) is 0. The zero-order chi connectivity index (χ0) is 53.5. The van der Waals surface area contributed by atoms with Crippen LogP contribution in [0.15, 0.2) is 72.9 Å². The Balaban J connectivity index is 4.18. The van der Waals surface area contributed by atoms with Gasteiger partial charge < -0.3 is 27.9 Å². The number of nitrogens with zero attached hydrogens (tertiary/aromatic N) is 1. The van der Waals surface area contributed by atoms with Gasteiger partial charge in [0.15, 0.2) is 6.10 Å². The van der Waals surface area contributed by atoms with Crippen molar-refractivity contribution in [1.29, 1.82) is 0 Å². The molecule has 0 heterocycles. The zero-order valence-electron chi connectivity index (χ0n) is 48.1. The second-order valence-corrected chi connectivity index (χ2v) is 22.8. The van der Waals surface area contributed by atoms with Crippen molar-refractivity contribution >= 4 is 19.8 Å². The number of likely N-dealkylation sites (N-methyl/N-ethyl adjacent to an activating group) is 1. The third kappa shape index (κ3) is 58.6. The maximum absolute atomic E-state index is 12.8. The number of phosphoric acid groups is 1. The second-order valence-electron chi connectivity index (χ2n) is 21.3. The standard InChI is InChI=1S/C63H114NO8P/c1-6-8-10-12-14-16-18-20-22-24-26-28-30-32-34-36-38-40-42-44-46-48-50-52-54-56-63(66)72-61(60-71-73(67,68)70-58-57-64(3,4)5)59-69-62(65)55-53-51-49-47-45-43-41-39-37-35-33-31-29-27-25-23-21-19-17-15-13-11-9-7-2/h8,10,14,16,20,22,26,28,32,34,38,40,61H,6-7,9,11-13,15,17-19,21,23-25,27,29-31,33,35-37,39,41-60H2,1-5H3/b10-8-,16-14-,22-20-,28-26-,34-32-,40-38-. The highest BCUT2D eigenvalue weighted by molar-refractivity contribution is 7.45. The summed E-state index contributed by atoms with van der Waals surface area (Å²) in [5.74, 6) is -0.843. The lowest BCUT2D eigenvalue weighted by atomic mass is 10.0. The monoisotopic (exact) mass is 1040 g/mol. The molecule has 9 nitrogen and oxygen atoms in total. The number of carbonyl (C=O) groups excluding carboxylic acids is 2. The first-order chi connectivity index (χ1) is 35.5. The maximum Gasteiger partial charge on any atom is 0.306 e. The van der Waals surface area contributed by atoms with Crippen molar-refractivity contribution in [2.24, 2.45) is 0 Å². The van der Waals surface area contributed by atoms with Gasteiger partial charge in [-0.05, 0) is 64.2 Å². The first kappa shape index (κ1) is 70.5. The van der Waals surface area contributed by atoms with Gasteiger partial charge in [-0.15, -0.1) is 0 Å². The van der Waals surface area contributed by atoms with Gasteiger partial charge in [-0.3, -0.25) is 14.2 Å². The van der Waals surface area contributed by atoms with Crippen molar-refractivity contribution in [3.05, 3.63) is 72.9 Å². The molecule has 0 bridgehead atoms. The van der Waals surface area contributed by atoms with Gasteiger partial charge in [0.1, 0.15) is 19.8 Å². The number of phosphoric ester groups is 1. The van der Waals surface area contributed by atoms with Crippen molar-refractivity contribution in [2.45, 2.75) is 270 Å². The van der Waals surface area contributed by atoms with Crippen LogP contribution in [0.5, 0.6) is 0 Å². The summed E-state index contributed by atoms with van der Waals surface area (Å²) in [6.45, 7) is 4.14. The number of rotatable bonds is 55. The minimum Gasteiger partial charge on any atom is -0.756 e. The lowest BCUT2D eigenvalue weighted by Crippen LogP contribution is -2.37. The second kappa shape index (κ2) is 54.2. The Morgan fingerprint density at radius 1 is 0.438 bits per heavy atom. The van der Waals surface area contributed by atoms with Gasteiger partial charge in [0.2, 0.25) is 0 Å². The van der Waals surface area contributed by atoms with Crippen LogP contribution in [0.4, 0.5) is 0 Å². The van der Waals surface area contributed by atoms with Crippen LogP contribution in [0.1, 0.15) is 264 Å². The van der Waals surface area contributed by atoms with Crippen LogP contribution >= 0.6 is 7.82 Å². The first-order valence-electron chi connectivity index (χ1n) is 30.1. The van der Waals surface area contributed by atoms with Gasteiger partial charge in [0, 0.05) is 12.8 Å². The Morgan fingerprint density at radius 3 is 1.16 bits per heavy atom. The summed E-state index contributed by atoms with van der Waals surface area (Å²) in [6.07, 6.45) is 70.9. The molecule has 0 saturated carbocycles. The van der Waals surface area contributed by atoms with Crippen LogP contribution in [0.3, 0.4) is 0 Å². The fourth-order valence-electron chi connectivity index (χ4n) is 8.37. The minimum atomic E-state index is -4.64. The molecule has 0 fully saturated rings. The van der Waals surface area contributed by atoms with Crippen molar-refractivity contribution in [1.82, 2.24) is 0 Å². The summed E-state index contributed by atoms with van der Waals surface area (Å²) in [4.78, 5) is 37.9. The molecule has 0 aromatic rings. The number of quaternary nitrogens is 1. The van der Waals surface area contributed by atoms with E-state index in [0.29, 0.717) is 17.4 Å². The Morgan fingerprint density at radius 2 is 0.781 bits per heavy atom. The van der Waals surface area contributed by atoms with E-state index in [-0.39, 0.29) is 32.0 Å². The van der Waals surface area contributed by atoms with Crippen LogP contribution in [-0.2, 0) is 32.7 Å². The van der Waals surface area contributed by atoms with Gasteiger partial charge in [-0.1, -0.05) is 260 Å². The Hall–Kier alpha value is -2.55. The lowest BCUT2D eigenvalue weighted by molar-refractivity contribution is -0.870. The molecule has 0 radical (unpaired) electrons. The molecule has 10 heteroatoms. The van der Waals surface area contributed by atoms with E-state index in [1.54, 1.807) is 0 Å². The predicted molar refractivity (Wildman–Crippen MR) is 309 cm³/mol. The number of hydrogen-bond donors (Lipinski definition) is 0. The molecule has 73 heavy (non-hydrogen) atoms. The molecule has 0 spiro atoms. The number of ether oxygens (including phenoxy) is 2. The van der Waals surface area contributed by atoms with Crippen molar-refractivity contribution < 1.29 is 42.1 Å². The number of unbranched alkanes of at least 4 members (excludes halogenated alkanes) is 29. The fraction of sp³-hybridized carbons (Fsp3) is 0.778. The van der Waals surface area contributed by atoms with Crippen molar-refractivity contribution in [3.8, 4) is 0 Å². The van der Waals surface area contributed by atoms with E-state index in [1.165, 1.54) is 135 Å². The predicted octanol–water partition coefficient (Wildman–Crippen LogP) is 18.2. The maximum atomic E-state index is 12.8. The summed E-state index contributed by atoms with van der Waals surface area (Å²) < 4.78 is 34.2. The average molecular weight is 1040 g/mol. The van der Waals surface area contributed by atoms with Gasteiger partial charge in [0.25, 0.3) is 7.82 Å². The summed E-state index contributed by atoms with van der Waals surface area (Å²) in [5.41, 5.74) is 0. The molecule has 0 aliphatic heterocycles. The van der Waals surface area contributed by atoms with E-state index in [4.69, 9.17) is 18.5 Å². The van der Waals surface area contributed by atoms with E-state index >= 15 is 0 Å². The van der Waals surface area contributed by atoms with E-state index < -0.39 is 26.5 Å². The molecule has 0 N–H and O–H groups in total. The van der Waals surface area contributed by atoms with Crippen LogP contribution in [0.25, 0.3) is 0 Å². The molecule has 2 unspecified atom stereocenters. The Labute approximate surface area is 450 Å². The van der Waals surface area contributed by atoms with Crippen LogP contribution < -0.4 is 4.89 Å². The first-order valence-corrected chi connectivity index (χ1v) is 31.6. The van der Waals surface area contributed by atoms with Crippen molar-refractivity contribution in [3.63, 3.8) is 0 Å². The van der Waals surface area contributed by atoms with E-state index in [1.807, 2.05) is 21.1 Å². The Kier molecular flexibility index (Phi) is 52.4. The highest BCUT2D eigenvalue weighted by Crippen LogP contribution is 2.38. The Bertz CT molecular complexity index is 1460. The summed E-state index contributed by atoms with van der Waals surface area (Å²) >= 11 is 0. The molecule has 2 atom stereocenters. The molecule has 0 aliphatic rings. The number of hydrogen-bond acceptors (Lipinski definition) is 8. The fourth-order valence-corrected chi connectivity index (χ4v) is 9.10. The average Bonchev–Trinajstić information content (AvgIpc) is 3.35. The quantitative estimate of drug-likeness (QED) is 0.0195. The number of allylic oxidation sites excluding steroid dienone is 12. The van der Waals surface area contributed by atoms with Gasteiger partial charge in [-0.2, -0.15) is 0 Å². The number of carbonyl (C=O) groups is 2. The lowest BCUT2D eigenvalue weighted by Gasteiger charge is -2.28. The normalized spacial score (nSPS) is 13.8. The van der Waals surface area contributed by atoms with E-state index in [9.17, 15) is 19.0 Å². The SMILES string of the molecule is CC/C=C\C/C=C\C/C=C\C/C=C\C/C=C\C/C=C\CCCCCCCCC(=O)OC(COC(=O)CCCCCCCCCCCCCCCCCCCCCCCCCC)COP(=O)([O-])OCC[N+](C)(C)C. The van der Waals surface area contributed by atoms with Crippen molar-refractivity contribution in [2.75, 3.05) is 47.5 Å². The zero-order valence-corrected chi connectivity index (χ0v) is 49.0. The largest absolute Gasteiger partial charge is 0.756 e. The molecule has 0 aromatic carbocycles. The number of esters is 2. The topological polar surface area (TPSA) is 111 Å². The third-order valence-corrected chi connectivity index (χ3v) is 14.0. The summed E-state index contributed by atoms with van der Waals surface area (Å²) in [7, 11) is 1.15. The molecular weight excluding hydrogens is 930 g/mol.